The minimum Gasteiger partial charge on any atom is -0.468 e. The van der Waals surface area contributed by atoms with E-state index in [2.05, 4.69) is 5.32 Å². The second-order valence-corrected chi connectivity index (χ2v) is 6.31. The Morgan fingerprint density at radius 2 is 2.30 bits per heavy atom. The normalized spacial score (nSPS) is 19.0. The molecule has 6 heteroatoms. The number of ether oxygens (including phenoxy) is 1. The highest BCUT2D eigenvalue weighted by molar-refractivity contribution is 7.11. The van der Waals surface area contributed by atoms with Crippen molar-refractivity contribution in [1.29, 1.82) is 0 Å². The maximum atomic E-state index is 11.9. The molecule has 0 unspecified atom stereocenters. The van der Waals surface area contributed by atoms with Crippen LogP contribution in [-0.4, -0.2) is 43.0 Å². The largest absolute Gasteiger partial charge is 0.468 e. The van der Waals surface area contributed by atoms with Crippen LogP contribution in [0, 0.1) is 6.92 Å². The van der Waals surface area contributed by atoms with Gasteiger partial charge in [-0.25, -0.2) is 0 Å². The van der Waals surface area contributed by atoms with Gasteiger partial charge in [-0.05, 0) is 38.4 Å². The summed E-state index contributed by atoms with van der Waals surface area (Å²) in [5.41, 5.74) is 0. The molecule has 0 bridgehead atoms. The van der Waals surface area contributed by atoms with Crippen LogP contribution in [0.25, 0.3) is 0 Å². The Labute approximate surface area is 122 Å². The van der Waals surface area contributed by atoms with E-state index in [9.17, 15) is 9.59 Å². The fraction of sp³-hybridized carbons (Fsp3) is 0.571. The Balaban J connectivity index is 1.80. The Kier molecular flexibility index (Phi) is 5.14. The van der Waals surface area contributed by atoms with Crippen LogP contribution in [0.3, 0.4) is 0 Å². The number of hydrogen-bond donors (Lipinski definition) is 1. The zero-order valence-corrected chi connectivity index (χ0v) is 12.7. The number of rotatable bonds is 5. The number of methoxy groups -OCH3 is 1. The van der Waals surface area contributed by atoms with Crippen molar-refractivity contribution in [2.75, 3.05) is 20.2 Å². The summed E-state index contributed by atoms with van der Waals surface area (Å²) in [6.45, 7) is 3.62. The third-order valence-corrected chi connectivity index (χ3v) is 4.44. The van der Waals surface area contributed by atoms with Gasteiger partial charge in [-0.1, -0.05) is 0 Å². The van der Waals surface area contributed by atoms with Crippen LogP contribution in [0.1, 0.15) is 22.6 Å². The molecule has 0 spiro atoms. The monoisotopic (exact) mass is 296 g/mol. The van der Waals surface area contributed by atoms with E-state index in [4.69, 9.17) is 4.74 Å². The number of esters is 1. The van der Waals surface area contributed by atoms with Gasteiger partial charge in [0, 0.05) is 9.75 Å². The quantitative estimate of drug-likeness (QED) is 0.832. The number of hydrogen-bond acceptors (Lipinski definition) is 5. The number of nitrogens with zero attached hydrogens (tertiary/aromatic N) is 1. The van der Waals surface area contributed by atoms with Crippen LogP contribution in [0.4, 0.5) is 0 Å². The van der Waals surface area contributed by atoms with Gasteiger partial charge in [0.25, 0.3) is 0 Å². The van der Waals surface area contributed by atoms with E-state index in [1.165, 1.54) is 12.0 Å². The summed E-state index contributed by atoms with van der Waals surface area (Å²) in [6.07, 6.45) is 1.70. The minimum absolute atomic E-state index is 0.0492. The highest BCUT2D eigenvalue weighted by Gasteiger charge is 2.32. The molecule has 1 N–H and O–H groups in total. The molecule has 2 heterocycles. The van der Waals surface area contributed by atoms with Gasteiger partial charge in [0.2, 0.25) is 5.91 Å². The Bertz CT molecular complexity index is 487. The van der Waals surface area contributed by atoms with Gasteiger partial charge in [-0.3, -0.25) is 14.5 Å². The van der Waals surface area contributed by atoms with Gasteiger partial charge in [-0.2, -0.15) is 0 Å². The van der Waals surface area contributed by atoms with Crippen molar-refractivity contribution in [1.82, 2.24) is 10.2 Å². The van der Waals surface area contributed by atoms with Crippen LogP contribution < -0.4 is 5.32 Å². The first-order valence-electron chi connectivity index (χ1n) is 6.74. The molecule has 0 aromatic carbocycles. The molecule has 1 aromatic rings. The van der Waals surface area contributed by atoms with E-state index in [1.54, 1.807) is 11.3 Å². The van der Waals surface area contributed by atoms with Crippen molar-refractivity contribution in [3.05, 3.63) is 21.9 Å². The first-order chi connectivity index (χ1) is 9.60. The summed E-state index contributed by atoms with van der Waals surface area (Å²) in [4.78, 5) is 27.8. The molecule has 110 valence electrons. The lowest BCUT2D eigenvalue weighted by Gasteiger charge is -2.21. The molecule has 0 saturated carbocycles. The zero-order chi connectivity index (χ0) is 14.5. The molecule has 20 heavy (non-hydrogen) atoms. The lowest BCUT2D eigenvalue weighted by atomic mass is 10.2. The van der Waals surface area contributed by atoms with Crippen molar-refractivity contribution < 1.29 is 14.3 Å². The van der Waals surface area contributed by atoms with Gasteiger partial charge in [0.1, 0.15) is 6.04 Å². The summed E-state index contributed by atoms with van der Waals surface area (Å²) in [6, 6.07) is 3.79. The molecular formula is C14H20N2O3S. The van der Waals surface area contributed by atoms with Crippen LogP contribution in [0.5, 0.6) is 0 Å². The second-order valence-electron chi connectivity index (χ2n) is 4.94. The highest BCUT2D eigenvalue weighted by Crippen LogP contribution is 2.18. The number of likely N-dealkylation sites (tertiary alicyclic amines) is 1. The van der Waals surface area contributed by atoms with Crippen molar-refractivity contribution in [3.63, 3.8) is 0 Å². The predicted molar refractivity (Wildman–Crippen MR) is 77.5 cm³/mol. The zero-order valence-electron chi connectivity index (χ0n) is 11.8. The Morgan fingerprint density at radius 1 is 1.50 bits per heavy atom. The number of aryl methyl sites for hydroxylation is 1. The molecule has 1 aliphatic heterocycles. The van der Waals surface area contributed by atoms with Gasteiger partial charge in [0.05, 0.1) is 20.2 Å². The van der Waals surface area contributed by atoms with Gasteiger partial charge in [-0.15, -0.1) is 11.3 Å². The summed E-state index contributed by atoms with van der Waals surface area (Å²) >= 11 is 1.68. The fourth-order valence-electron chi connectivity index (χ4n) is 2.42. The first-order valence-corrected chi connectivity index (χ1v) is 7.55. The third-order valence-electron chi connectivity index (χ3n) is 3.44. The Morgan fingerprint density at radius 3 is 2.95 bits per heavy atom. The van der Waals surface area contributed by atoms with Crippen molar-refractivity contribution >= 4 is 23.2 Å². The number of amides is 1. The molecule has 1 amide bonds. The molecule has 1 saturated heterocycles. The molecule has 1 aromatic heterocycles. The van der Waals surface area contributed by atoms with E-state index in [1.807, 2.05) is 24.0 Å². The number of thiophene rings is 1. The standard InChI is InChI=1S/C14H20N2O3S/c1-10-5-6-11(20-10)8-15-13(17)9-16-7-3-4-12(16)14(18)19-2/h5-6,12H,3-4,7-9H2,1-2H3,(H,15,17)/t12-/m0/s1. The lowest BCUT2D eigenvalue weighted by Crippen LogP contribution is -2.43. The number of nitrogens with one attached hydrogen (secondary N) is 1. The van der Waals surface area contributed by atoms with E-state index in [0.29, 0.717) is 6.54 Å². The van der Waals surface area contributed by atoms with Crippen molar-refractivity contribution in [3.8, 4) is 0 Å². The van der Waals surface area contributed by atoms with E-state index < -0.39 is 0 Å². The number of carbonyl (C=O) groups is 2. The number of carbonyl (C=O) groups excluding carboxylic acids is 2. The predicted octanol–water partition coefficient (Wildman–Crippen LogP) is 1.31. The molecular weight excluding hydrogens is 276 g/mol. The van der Waals surface area contributed by atoms with Crippen LogP contribution in [-0.2, 0) is 20.9 Å². The van der Waals surface area contributed by atoms with E-state index >= 15 is 0 Å². The third kappa shape index (κ3) is 3.80. The maximum Gasteiger partial charge on any atom is 0.323 e. The molecule has 1 fully saturated rings. The maximum absolute atomic E-state index is 11.9. The van der Waals surface area contributed by atoms with E-state index in [-0.39, 0.29) is 24.5 Å². The molecule has 1 aliphatic rings. The molecule has 0 radical (unpaired) electrons. The average Bonchev–Trinajstić information content (AvgIpc) is 3.04. The van der Waals surface area contributed by atoms with Crippen molar-refractivity contribution in [2.45, 2.75) is 32.4 Å². The molecule has 0 aliphatic carbocycles. The van der Waals surface area contributed by atoms with Crippen LogP contribution in [0.2, 0.25) is 0 Å². The molecule has 1 atom stereocenters. The highest BCUT2D eigenvalue weighted by atomic mass is 32.1. The van der Waals surface area contributed by atoms with Gasteiger partial charge in [0.15, 0.2) is 0 Å². The smallest absolute Gasteiger partial charge is 0.323 e. The first kappa shape index (κ1) is 15.0. The summed E-state index contributed by atoms with van der Waals surface area (Å²) in [5.74, 6) is -0.295. The van der Waals surface area contributed by atoms with Crippen molar-refractivity contribution in [2.24, 2.45) is 0 Å². The summed E-state index contributed by atoms with van der Waals surface area (Å²) in [5, 5.41) is 2.89. The van der Waals surface area contributed by atoms with Gasteiger partial charge >= 0.3 is 5.97 Å². The van der Waals surface area contributed by atoms with Gasteiger partial charge < -0.3 is 10.1 Å². The lowest BCUT2D eigenvalue weighted by molar-refractivity contribution is -0.146. The SMILES string of the molecule is COC(=O)[C@@H]1CCCN1CC(=O)NCc1ccc(C)s1. The minimum atomic E-state index is -0.269. The topological polar surface area (TPSA) is 58.6 Å². The summed E-state index contributed by atoms with van der Waals surface area (Å²) < 4.78 is 4.77. The van der Waals surface area contributed by atoms with Crippen LogP contribution in [0.15, 0.2) is 12.1 Å². The fourth-order valence-corrected chi connectivity index (χ4v) is 3.25. The second kappa shape index (κ2) is 6.85. The Hall–Kier alpha value is -1.40. The van der Waals surface area contributed by atoms with Crippen LogP contribution >= 0.6 is 11.3 Å². The molecule has 2 rings (SSSR count). The average molecular weight is 296 g/mol. The molecule has 5 nitrogen and oxygen atoms in total. The van der Waals surface area contributed by atoms with E-state index in [0.717, 1.165) is 24.3 Å². The summed E-state index contributed by atoms with van der Waals surface area (Å²) in [7, 11) is 1.39.